The zero-order valence-electron chi connectivity index (χ0n) is 34.5. The Bertz CT molecular complexity index is 3680. The molecular formula is C62H40S. The first-order valence-electron chi connectivity index (χ1n) is 22.0. The van der Waals surface area contributed by atoms with Gasteiger partial charge in [-0.05, 0) is 121 Å². The molecule has 294 valence electrons. The molecule has 0 radical (unpaired) electrons. The van der Waals surface area contributed by atoms with E-state index in [4.69, 9.17) is 0 Å². The molecule has 0 spiro atoms. The molecule has 11 aromatic carbocycles. The SMILES string of the molecule is C1=CC2C(c3ccccc3)=C(c3ccccc3)SC2C=C1c1ccc(-c2c3ccccc3c(-c3cc4c5ccccc5c5ccccc5c4c4ccccc34)c3ccccc23)cc1. The highest BCUT2D eigenvalue weighted by Gasteiger charge is 2.36. The van der Waals surface area contributed by atoms with Gasteiger partial charge >= 0.3 is 0 Å². The van der Waals surface area contributed by atoms with Crippen molar-refractivity contribution >= 4 is 92.4 Å². The molecular weight excluding hydrogens is 777 g/mol. The van der Waals surface area contributed by atoms with Gasteiger partial charge in [-0.25, -0.2) is 0 Å². The minimum absolute atomic E-state index is 0.324. The Hall–Kier alpha value is -7.45. The summed E-state index contributed by atoms with van der Waals surface area (Å²) < 4.78 is 0. The Kier molecular flexibility index (Phi) is 8.39. The normalized spacial score (nSPS) is 16.2. The third-order valence-electron chi connectivity index (χ3n) is 13.6. The summed E-state index contributed by atoms with van der Waals surface area (Å²) in [5.74, 6) is 0.324. The fourth-order valence-electron chi connectivity index (χ4n) is 10.9. The highest BCUT2D eigenvalue weighted by atomic mass is 32.2. The van der Waals surface area contributed by atoms with Crippen molar-refractivity contribution in [3.05, 3.63) is 247 Å². The Morgan fingerprint density at radius 2 is 0.778 bits per heavy atom. The third-order valence-corrected chi connectivity index (χ3v) is 15.0. The van der Waals surface area contributed by atoms with E-state index in [1.807, 2.05) is 11.8 Å². The minimum atomic E-state index is 0.324. The van der Waals surface area contributed by atoms with Gasteiger partial charge < -0.3 is 0 Å². The van der Waals surface area contributed by atoms with E-state index in [-0.39, 0.29) is 0 Å². The first-order chi connectivity index (χ1) is 31.3. The summed E-state index contributed by atoms with van der Waals surface area (Å²) in [4.78, 5) is 1.38. The van der Waals surface area contributed by atoms with E-state index in [0.717, 1.165) is 0 Å². The molecule has 63 heavy (non-hydrogen) atoms. The Morgan fingerprint density at radius 1 is 0.333 bits per heavy atom. The fraction of sp³-hybridized carbons (Fsp3) is 0.0323. The van der Waals surface area contributed by atoms with Crippen LogP contribution in [0.2, 0.25) is 0 Å². The van der Waals surface area contributed by atoms with Gasteiger partial charge in [-0.2, -0.15) is 0 Å². The van der Waals surface area contributed by atoms with Gasteiger partial charge in [0, 0.05) is 16.1 Å². The molecule has 2 unspecified atom stereocenters. The molecule has 0 amide bonds. The van der Waals surface area contributed by atoms with E-state index < -0.39 is 0 Å². The van der Waals surface area contributed by atoms with E-state index in [2.05, 4.69) is 231 Å². The van der Waals surface area contributed by atoms with Gasteiger partial charge in [0.05, 0.1) is 0 Å². The van der Waals surface area contributed by atoms with E-state index in [1.54, 1.807) is 0 Å². The highest BCUT2D eigenvalue weighted by molar-refractivity contribution is 8.09. The fourth-order valence-corrected chi connectivity index (χ4v) is 12.4. The monoisotopic (exact) mass is 816 g/mol. The van der Waals surface area contributed by atoms with Crippen molar-refractivity contribution in [2.75, 3.05) is 0 Å². The lowest BCUT2D eigenvalue weighted by Crippen LogP contribution is -2.13. The summed E-state index contributed by atoms with van der Waals surface area (Å²) in [6.07, 6.45) is 7.30. The molecule has 0 saturated heterocycles. The quantitative estimate of drug-likeness (QED) is 0.123. The Morgan fingerprint density at radius 3 is 1.38 bits per heavy atom. The van der Waals surface area contributed by atoms with Crippen LogP contribution in [0.3, 0.4) is 0 Å². The predicted octanol–water partition coefficient (Wildman–Crippen LogP) is 17.2. The zero-order chi connectivity index (χ0) is 41.4. The minimum Gasteiger partial charge on any atom is -0.117 e. The summed E-state index contributed by atoms with van der Waals surface area (Å²) in [5, 5.41) is 15.8. The van der Waals surface area contributed by atoms with Crippen LogP contribution < -0.4 is 0 Å². The first kappa shape index (κ1) is 36.2. The van der Waals surface area contributed by atoms with Crippen molar-refractivity contribution in [2.24, 2.45) is 5.92 Å². The maximum Gasteiger partial charge on any atom is 0.0387 e. The number of hydrogen-bond donors (Lipinski definition) is 0. The molecule has 1 aliphatic heterocycles. The maximum absolute atomic E-state index is 2.50. The van der Waals surface area contributed by atoms with Gasteiger partial charge in [-0.3, -0.25) is 0 Å². The van der Waals surface area contributed by atoms with Gasteiger partial charge in [0.2, 0.25) is 0 Å². The zero-order valence-corrected chi connectivity index (χ0v) is 35.3. The van der Waals surface area contributed by atoms with Gasteiger partial charge in [0.15, 0.2) is 0 Å². The Balaban J connectivity index is 0.953. The highest BCUT2D eigenvalue weighted by Crippen LogP contribution is 2.55. The van der Waals surface area contributed by atoms with Crippen molar-refractivity contribution in [3.63, 3.8) is 0 Å². The summed E-state index contributed by atoms with van der Waals surface area (Å²) >= 11 is 2.01. The molecule has 0 N–H and O–H groups in total. The molecule has 0 fully saturated rings. The number of allylic oxidation sites excluding steroid dienone is 4. The summed E-state index contributed by atoms with van der Waals surface area (Å²) in [7, 11) is 0. The van der Waals surface area contributed by atoms with Crippen LogP contribution in [-0.2, 0) is 0 Å². The van der Waals surface area contributed by atoms with Crippen molar-refractivity contribution in [1.82, 2.24) is 0 Å². The lowest BCUT2D eigenvalue weighted by Gasteiger charge is -2.22. The lowest BCUT2D eigenvalue weighted by molar-refractivity contribution is 0.879. The van der Waals surface area contributed by atoms with Crippen LogP contribution in [0.15, 0.2) is 231 Å². The second kappa shape index (κ2) is 14.6. The number of thioether (sulfide) groups is 1. The van der Waals surface area contributed by atoms with Crippen LogP contribution >= 0.6 is 11.8 Å². The molecule has 1 heterocycles. The van der Waals surface area contributed by atoms with Gasteiger partial charge in [0.1, 0.15) is 0 Å². The van der Waals surface area contributed by atoms with Crippen molar-refractivity contribution in [2.45, 2.75) is 5.25 Å². The van der Waals surface area contributed by atoms with Crippen molar-refractivity contribution in [3.8, 4) is 22.3 Å². The van der Waals surface area contributed by atoms with Crippen LogP contribution in [0.5, 0.6) is 0 Å². The number of benzene rings is 11. The number of rotatable bonds is 5. The van der Waals surface area contributed by atoms with E-state index >= 15 is 0 Å². The summed E-state index contributed by atoms with van der Waals surface area (Å²) in [5.41, 5.74) is 11.6. The third kappa shape index (κ3) is 5.70. The van der Waals surface area contributed by atoms with Gasteiger partial charge in [-0.1, -0.05) is 224 Å². The maximum atomic E-state index is 2.50. The van der Waals surface area contributed by atoms with Crippen LogP contribution in [-0.4, -0.2) is 5.25 Å². The lowest BCUT2D eigenvalue weighted by atomic mass is 9.82. The average Bonchev–Trinajstić information content (AvgIpc) is 3.75. The smallest absolute Gasteiger partial charge is 0.0387 e. The molecule has 13 rings (SSSR count). The second-order valence-corrected chi connectivity index (χ2v) is 18.2. The molecule has 2 aliphatic rings. The van der Waals surface area contributed by atoms with Gasteiger partial charge in [-0.15, -0.1) is 11.8 Å². The predicted molar refractivity (Wildman–Crippen MR) is 274 cm³/mol. The first-order valence-corrected chi connectivity index (χ1v) is 22.9. The topological polar surface area (TPSA) is 0 Å². The molecule has 0 nitrogen and oxygen atoms in total. The van der Waals surface area contributed by atoms with Crippen molar-refractivity contribution < 1.29 is 0 Å². The van der Waals surface area contributed by atoms with E-state index in [9.17, 15) is 0 Å². The van der Waals surface area contributed by atoms with Crippen LogP contribution in [0.4, 0.5) is 0 Å². The molecule has 2 atom stereocenters. The van der Waals surface area contributed by atoms with Crippen LogP contribution in [0, 0.1) is 5.92 Å². The average molecular weight is 817 g/mol. The number of fused-ring (bicyclic) bond motifs is 11. The second-order valence-electron chi connectivity index (χ2n) is 17.0. The molecule has 11 aromatic rings. The largest absolute Gasteiger partial charge is 0.117 e. The Labute approximate surface area is 371 Å². The van der Waals surface area contributed by atoms with Gasteiger partial charge in [0.25, 0.3) is 0 Å². The molecule has 0 bridgehead atoms. The summed E-state index contributed by atoms with van der Waals surface area (Å²) in [6.45, 7) is 0. The molecule has 1 aliphatic carbocycles. The molecule has 1 heteroatoms. The molecule has 0 aromatic heterocycles. The standard InChI is InChI=1S/C62H40S/c1-3-17-40(18-4-1)59-54-36-35-43(37-57(54)63-62(59)42-19-5-2-6-20-42)39-31-33-41(34-32-39)58-50-27-13-15-29-52(50)61(53-30-16-14-28-51(53)58)56-38-55-46-23-8-7-21-44(46)45-22-9-11-25-48(45)60(55)49-26-12-10-24-47(49)56/h1-38,54,57H. The summed E-state index contributed by atoms with van der Waals surface area (Å²) in [6, 6.07) is 78.8. The number of hydrogen-bond acceptors (Lipinski definition) is 1. The molecule has 0 saturated carbocycles. The van der Waals surface area contributed by atoms with Crippen molar-refractivity contribution in [1.29, 1.82) is 0 Å². The van der Waals surface area contributed by atoms with Crippen LogP contribution in [0.1, 0.15) is 16.7 Å². The van der Waals surface area contributed by atoms with Crippen LogP contribution in [0.25, 0.3) is 103 Å². The van der Waals surface area contributed by atoms with E-state index in [1.165, 1.54) is 120 Å². The van der Waals surface area contributed by atoms with E-state index in [0.29, 0.717) is 11.2 Å².